The first-order valence-electron chi connectivity index (χ1n) is 7.73. The number of benzene rings is 2. The Balaban J connectivity index is 2.06. The minimum Gasteiger partial charge on any atom is -0.192 e. The van der Waals surface area contributed by atoms with Gasteiger partial charge in [0.05, 0.1) is 5.56 Å². The van der Waals surface area contributed by atoms with Crippen molar-refractivity contribution in [2.75, 3.05) is 11.5 Å². The number of nitriles is 1. The number of thioether (sulfide) groups is 2. The highest BCUT2D eigenvalue weighted by Crippen LogP contribution is 2.41. The lowest BCUT2D eigenvalue weighted by Gasteiger charge is -2.26. The quantitative estimate of drug-likeness (QED) is 0.674. The second-order valence-corrected chi connectivity index (χ2v) is 7.90. The number of nitrogens with zero attached hydrogens (tertiary/aromatic N) is 1. The Kier molecular flexibility index (Phi) is 4.81. The molecular formula is C19H19NS2. The molecule has 0 unspecified atom stereocenters. The van der Waals surface area contributed by atoms with E-state index in [1.165, 1.54) is 27.1 Å². The van der Waals surface area contributed by atoms with E-state index in [0.717, 1.165) is 34.8 Å². The van der Waals surface area contributed by atoms with Crippen LogP contribution in [0.3, 0.4) is 0 Å². The first-order valence-corrected chi connectivity index (χ1v) is 9.70. The van der Waals surface area contributed by atoms with Crippen molar-refractivity contribution in [2.45, 2.75) is 36.5 Å². The standard InChI is InChI=1S/C19H19NS2/c1-3-21-14-7-5-13(6-8-14)17-11-19(22-4-2)18(12-20)16-10-9-15(16)17/h5-8,11H,3-4,9-10H2,1-2H3. The highest BCUT2D eigenvalue weighted by atomic mass is 32.2. The van der Waals surface area contributed by atoms with Crippen LogP contribution >= 0.6 is 23.5 Å². The topological polar surface area (TPSA) is 23.8 Å². The van der Waals surface area contributed by atoms with Gasteiger partial charge in [0.2, 0.25) is 0 Å². The maximum atomic E-state index is 9.48. The van der Waals surface area contributed by atoms with Gasteiger partial charge < -0.3 is 0 Å². The number of hydrogen-bond acceptors (Lipinski definition) is 3. The van der Waals surface area contributed by atoms with E-state index < -0.39 is 0 Å². The molecule has 0 N–H and O–H groups in total. The zero-order valence-electron chi connectivity index (χ0n) is 13.0. The fraction of sp³-hybridized carbons (Fsp3) is 0.316. The Morgan fingerprint density at radius 3 is 2.23 bits per heavy atom. The molecule has 22 heavy (non-hydrogen) atoms. The van der Waals surface area contributed by atoms with Gasteiger partial charge in [-0.25, -0.2) is 0 Å². The van der Waals surface area contributed by atoms with Crippen LogP contribution in [0.1, 0.15) is 30.5 Å². The molecule has 1 aliphatic carbocycles. The van der Waals surface area contributed by atoms with E-state index >= 15 is 0 Å². The number of fused-ring (bicyclic) bond motifs is 1. The smallest absolute Gasteiger partial charge is 0.101 e. The van der Waals surface area contributed by atoms with E-state index in [9.17, 15) is 5.26 Å². The predicted molar refractivity (Wildman–Crippen MR) is 96.8 cm³/mol. The summed E-state index contributed by atoms with van der Waals surface area (Å²) in [5.41, 5.74) is 6.17. The maximum Gasteiger partial charge on any atom is 0.101 e. The van der Waals surface area contributed by atoms with E-state index in [4.69, 9.17) is 0 Å². The van der Waals surface area contributed by atoms with Gasteiger partial charge in [-0.2, -0.15) is 5.26 Å². The van der Waals surface area contributed by atoms with Gasteiger partial charge in [-0.3, -0.25) is 0 Å². The van der Waals surface area contributed by atoms with Crippen LogP contribution in [-0.2, 0) is 12.8 Å². The van der Waals surface area contributed by atoms with E-state index in [1.54, 1.807) is 11.8 Å². The molecule has 0 bridgehead atoms. The molecule has 0 heterocycles. The van der Waals surface area contributed by atoms with E-state index in [-0.39, 0.29) is 0 Å². The molecule has 1 aliphatic rings. The van der Waals surface area contributed by atoms with Crippen LogP contribution in [0.4, 0.5) is 0 Å². The van der Waals surface area contributed by atoms with Gasteiger partial charge in [-0.05, 0) is 64.8 Å². The van der Waals surface area contributed by atoms with E-state index in [1.807, 2.05) is 11.8 Å². The van der Waals surface area contributed by atoms with Crippen molar-refractivity contribution in [1.29, 1.82) is 5.26 Å². The van der Waals surface area contributed by atoms with Gasteiger partial charge in [0.1, 0.15) is 6.07 Å². The van der Waals surface area contributed by atoms with Crippen molar-refractivity contribution < 1.29 is 0 Å². The lowest BCUT2D eigenvalue weighted by Crippen LogP contribution is -2.13. The Hall–Kier alpha value is -1.37. The summed E-state index contributed by atoms with van der Waals surface area (Å²) in [5.74, 6) is 2.10. The predicted octanol–water partition coefficient (Wildman–Crippen LogP) is 5.55. The summed E-state index contributed by atoms with van der Waals surface area (Å²) < 4.78 is 0. The molecule has 0 aromatic heterocycles. The van der Waals surface area contributed by atoms with Gasteiger partial charge >= 0.3 is 0 Å². The van der Waals surface area contributed by atoms with Gasteiger partial charge in [0, 0.05) is 9.79 Å². The molecule has 0 spiro atoms. The molecule has 0 saturated carbocycles. The van der Waals surface area contributed by atoms with Gasteiger partial charge in [0.25, 0.3) is 0 Å². The highest BCUT2D eigenvalue weighted by molar-refractivity contribution is 7.99. The Morgan fingerprint density at radius 2 is 1.68 bits per heavy atom. The molecule has 3 rings (SSSR count). The Labute approximate surface area is 141 Å². The van der Waals surface area contributed by atoms with Crippen LogP contribution in [0.5, 0.6) is 0 Å². The molecule has 0 aliphatic heterocycles. The largest absolute Gasteiger partial charge is 0.192 e. The monoisotopic (exact) mass is 325 g/mol. The van der Waals surface area contributed by atoms with Crippen molar-refractivity contribution in [1.82, 2.24) is 0 Å². The second-order valence-electron chi connectivity index (χ2n) is 5.26. The first-order chi connectivity index (χ1) is 10.8. The molecule has 0 radical (unpaired) electrons. The van der Waals surface area contributed by atoms with Gasteiger partial charge in [0.15, 0.2) is 0 Å². The molecule has 2 aromatic carbocycles. The van der Waals surface area contributed by atoms with Crippen LogP contribution in [0.15, 0.2) is 40.1 Å². The highest BCUT2D eigenvalue weighted by Gasteiger charge is 2.24. The van der Waals surface area contributed by atoms with Crippen LogP contribution in [-0.4, -0.2) is 11.5 Å². The third kappa shape index (κ3) is 2.78. The zero-order chi connectivity index (χ0) is 15.5. The average molecular weight is 326 g/mol. The summed E-state index contributed by atoms with van der Waals surface area (Å²) in [4.78, 5) is 2.47. The Bertz CT molecular complexity index is 727. The first kappa shape index (κ1) is 15.5. The fourth-order valence-corrected chi connectivity index (χ4v) is 4.42. The number of hydrogen-bond donors (Lipinski definition) is 0. The molecule has 0 fully saturated rings. The summed E-state index contributed by atoms with van der Waals surface area (Å²) >= 11 is 3.65. The molecule has 112 valence electrons. The SMILES string of the molecule is CCSc1ccc(-c2cc(SCC)c(C#N)c3c2CC3)cc1. The molecule has 3 heteroatoms. The Morgan fingerprint density at radius 1 is 1.00 bits per heavy atom. The number of rotatable bonds is 5. The average Bonchev–Trinajstić information content (AvgIpc) is 2.50. The lowest BCUT2D eigenvalue weighted by atomic mass is 9.80. The second kappa shape index (κ2) is 6.81. The molecule has 1 nitrogen and oxygen atoms in total. The molecule has 0 amide bonds. The van der Waals surface area contributed by atoms with Crippen molar-refractivity contribution in [2.24, 2.45) is 0 Å². The molecule has 2 aromatic rings. The minimum atomic E-state index is 0.912. The van der Waals surface area contributed by atoms with Crippen LogP contribution in [0.25, 0.3) is 11.1 Å². The third-order valence-electron chi connectivity index (χ3n) is 4.03. The van der Waals surface area contributed by atoms with Crippen molar-refractivity contribution in [3.05, 3.63) is 47.0 Å². The molecule has 0 saturated heterocycles. The van der Waals surface area contributed by atoms with Gasteiger partial charge in [-0.15, -0.1) is 23.5 Å². The third-order valence-corrected chi connectivity index (χ3v) is 5.84. The van der Waals surface area contributed by atoms with Crippen molar-refractivity contribution in [3.8, 4) is 17.2 Å². The van der Waals surface area contributed by atoms with Crippen LogP contribution in [0, 0.1) is 11.3 Å². The summed E-state index contributed by atoms with van der Waals surface area (Å²) in [6, 6.07) is 13.5. The zero-order valence-corrected chi connectivity index (χ0v) is 14.6. The van der Waals surface area contributed by atoms with Crippen molar-refractivity contribution >= 4 is 23.5 Å². The van der Waals surface area contributed by atoms with Crippen LogP contribution < -0.4 is 0 Å². The molecular weight excluding hydrogens is 306 g/mol. The summed E-state index contributed by atoms with van der Waals surface area (Å²) in [6.07, 6.45) is 2.15. The maximum absolute atomic E-state index is 9.48. The lowest BCUT2D eigenvalue weighted by molar-refractivity contribution is 0.829. The minimum absolute atomic E-state index is 0.912. The van der Waals surface area contributed by atoms with Crippen molar-refractivity contribution in [3.63, 3.8) is 0 Å². The summed E-state index contributed by atoms with van der Waals surface area (Å²) in [5, 5.41) is 9.48. The van der Waals surface area contributed by atoms with E-state index in [2.05, 4.69) is 50.2 Å². The normalized spacial score (nSPS) is 12.4. The summed E-state index contributed by atoms with van der Waals surface area (Å²) in [6.45, 7) is 4.32. The van der Waals surface area contributed by atoms with Crippen LogP contribution in [0.2, 0.25) is 0 Å². The van der Waals surface area contributed by atoms with E-state index in [0.29, 0.717) is 0 Å². The fourth-order valence-electron chi connectivity index (χ4n) is 2.93. The van der Waals surface area contributed by atoms with Gasteiger partial charge in [-0.1, -0.05) is 26.0 Å². The summed E-state index contributed by atoms with van der Waals surface area (Å²) in [7, 11) is 0. The molecule has 0 atom stereocenters.